The number of hydrogen-bond donors (Lipinski definition) is 1. The molecule has 1 N–H and O–H groups in total. The van der Waals surface area contributed by atoms with Crippen molar-refractivity contribution in [2.45, 2.75) is 39.2 Å². The zero-order valence-electron chi connectivity index (χ0n) is 17.7. The van der Waals surface area contributed by atoms with Crippen LogP contribution >= 0.6 is 0 Å². The van der Waals surface area contributed by atoms with Crippen LogP contribution in [0.1, 0.15) is 52.4 Å². The van der Waals surface area contributed by atoms with Crippen LogP contribution in [0.3, 0.4) is 0 Å². The summed E-state index contributed by atoms with van der Waals surface area (Å²) in [6.07, 6.45) is 2.34. The van der Waals surface area contributed by atoms with Crippen LogP contribution in [0.5, 0.6) is 0 Å². The molecule has 0 spiro atoms. The number of hydrogen-bond acceptors (Lipinski definition) is 2. The third kappa shape index (κ3) is 4.23. The van der Waals surface area contributed by atoms with Gasteiger partial charge < -0.3 is 10.2 Å². The maximum Gasteiger partial charge on any atom is 0.251 e. The average Bonchev–Trinajstić information content (AvgIpc) is 3.25. The third-order valence-corrected chi connectivity index (χ3v) is 6.12. The van der Waals surface area contributed by atoms with Gasteiger partial charge in [-0.3, -0.25) is 9.59 Å². The summed E-state index contributed by atoms with van der Waals surface area (Å²) >= 11 is 0. The fourth-order valence-electron chi connectivity index (χ4n) is 4.24. The summed E-state index contributed by atoms with van der Waals surface area (Å²) in [6, 6.07) is 20.3. The summed E-state index contributed by atoms with van der Waals surface area (Å²) in [5, 5.41) is 5.05. The highest BCUT2D eigenvalue weighted by molar-refractivity contribution is 5.98. The van der Waals surface area contributed by atoms with E-state index in [2.05, 4.69) is 37.4 Å². The van der Waals surface area contributed by atoms with Crippen molar-refractivity contribution in [1.29, 1.82) is 0 Å². The van der Waals surface area contributed by atoms with Crippen molar-refractivity contribution in [3.8, 4) is 0 Å². The number of carbonyl (C=O) groups excluding carboxylic acids is 2. The molecule has 4 rings (SSSR count). The van der Waals surface area contributed by atoms with E-state index < -0.39 is 0 Å². The lowest BCUT2D eigenvalue weighted by molar-refractivity contribution is -0.132. The van der Waals surface area contributed by atoms with Gasteiger partial charge >= 0.3 is 0 Å². The molecule has 154 valence electrons. The van der Waals surface area contributed by atoms with E-state index in [4.69, 9.17) is 0 Å². The predicted octanol–water partition coefficient (Wildman–Crippen LogP) is 4.94. The number of amides is 2. The molecule has 4 nitrogen and oxygen atoms in total. The summed E-state index contributed by atoms with van der Waals surface area (Å²) < 4.78 is 0. The van der Waals surface area contributed by atoms with Crippen LogP contribution in [0, 0.1) is 13.8 Å². The number of aryl methyl sites for hydroxylation is 2. The minimum absolute atomic E-state index is 0.106. The monoisotopic (exact) mass is 400 g/mol. The first kappa shape index (κ1) is 20.1. The Hall–Kier alpha value is -3.14. The van der Waals surface area contributed by atoms with Crippen molar-refractivity contribution in [3.05, 3.63) is 82.9 Å². The fourth-order valence-corrected chi connectivity index (χ4v) is 4.24. The molecular weight excluding hydrogens is 372 g/mol. The van der Waals surface area contributed by atoms with Crippen LogP contribution in [0.25, 0.3) is 10.8 Å². The van der Waals surface area contributed by atoms with Gasteiger partial charge in [-0.05, 0) is 66.3 Å². The lowest BCUT2D eigenvalue weighted by atomic mass is 9.99. The van der Waals surface area contributed by atoms with Gasteiger partial charge in [-0.2, -0.15) is 0 Å². The zero-order chi connectivity index (χ0) is 21.1. The second-order valence-electron chi connectivity index (χ2n) is 8.16. The van der Waals surface area contributed by atoms with E-state index in [0.29, 0.717) is 18.5 Å². The Morgan fingerprint density at radius 1 is 0.967 bits per heavy atom. The van der Waals surface area contributed by atoms with Gasteiger partial charge in [-0.15, -0.1) is 0 Å². The number of nitrogens with zero attached hydrogens (tertiary/aromatic N) is 1. The molecule has 1 heterocycles. The van der Waals surface area contributed by atoms with Crippen molar-refractivity contribution in [2.75, 3.05) is 13.1 Å². The Morgan fingerprint density at radius 2 is 1.77 bits per heavy atom. The van der Waals surface area contributed by atoms with Crippen LogP contribution in [-0.4, -0.2) is 29.8 Å². The summed E-state index contributed by atoms with van der Waals surface area (Å²) in [4.78, 5) is 27.3. The van der Waals surface area contributed by atoms with E-state index in [1.807, 2.05) is 47.4 Å². The van der Waals surface area contributed by atoms with Crippen molar-refractivity contribution < 1.29 is 9.59 Å². The second-order valence-corrected chi connectivity index (χ2v) is 8.16. The van der Waals surface area contributed by atoms with Gasteiger partial charge in [0.25, 0.3) is 5.91 Å². The lowest BCUT2D eigenvalue weighted by Gasteiger charge is -2.26. The minimum atomic E-state index is -0.138. The molecule has 1 saturated heterocycles. The van der Waals surface area contributed by atoms with Crippen molar-refractivity contribution in [3.63, 3.8) is 0 Å². The average molecular weight is 401 g/mol. The number of carbonyl (C=O) groups is 2. The largest absolute Gasteiger partial charge is 0.352 e. The number of fused-ring (bicyclic) bond motifs is 1. The molecule has 0 bridgehead atoms. The van der Waals surface area contributed by atoms with Gasteiger partial charge in [0.15, 0.2) is 0 Å². The quantitative estimate of drug-likeness (QED) is 0.659. The normalized spacial score (nSPS) is 16.1. The highest BCUT2D eigenvalue weighted by Gasteiger charge is 2.29. The van der Waals surface area contributed by atoms with Crippen LogP contribution < -0.4 is 5.32 Å². The maximum atomic E-state index is 12.8. The minimum Gasteiger partial charge on any atom is -0.352 e. The molecule has 1 atom stereocenters. The number of likely N-dealkylation sites (tertiary alicyclic amines) is 1. The molecule has 1 aliphatic heterocycles. The van der Waals surface area contributed by atoms with E-state index in [1.165, 1.54) is 16.7 Å². The molecule has 0 radical (unpaired) electrons. The molecule has 1 fully saturated rings. The highest BCUT2D eigenvalue weighted by atomic mass is 16.2. The van der Waals surface area contributed by atoms with Crippen LogP contribution in [-0.2, 0) is 4.79 Å². The molecule has 2 amide bonds. The molecule has 1 aliphatic rings. The Kier molecular flexibility index (Phi) is 5.84. The first-order valence-corrected chi connectivity index (χ1v) is 10.7. The van der Waals surface area contributed by atoms with E-state index >= 15 is 0 Å². The van der Waals surface area contributed by atoms with Gasteiger partial charge in [0.2, 0.25) is 5.91 Å². The Morgan fingerprint density at radius 3 is 2.57 bits per heavy atom. The summed E-state index contributed by atoms with van der Waals surface area (Å²) in [6.45, 7) is 5.35. The van der Waals surface area contributed by atoms with Crippen molar-refractivity contribution in [2.24, 2.45) is 0 Å². The molecule has 4 heteroatoms. The number of benzene rings is 3. The van der Waals surface area contributed by atoms with E-state index in [0.717, 1.165) is 30.2 Å². The zero-order valence-corrected chi connectivity index (χ0v) is 17.7. The van der Waals surface area contributed by atoms with Crippen molar-refractivity contribution in [1.82, 2.24) is 10.2 Å². The van der Waals surface area contributed by atoms with Gasteiger partial charge in [-0.25, -0.2) is 0 Å². The highest BCUT2D eigenvalue weighted by Crippen LogP contribution is 2.33. The second kappa shape index (κ2) is 8.70. The summed E-state index contributed by atoms with van der Waals surface area (Å²) in [5.41, 5.74) is 4.36. The van der Waals surface area contributed by atoms with E-state index in [9.17, 15) is 9.59 Å². The molecule has 1 unspecified atom stereocenters. The first-order valence-electron chi connectivity index (χ1n) is 10.7. The fraction of sp³-hybridized carbons (Fsp3) is 0.308. The smallest absolute Gasteiger partial charge is 0.251 e. The van der Waals surface area contributed by atoms with E-state index in [1.54, 1.807) is 0 Å². The number of rotatable bonds is 5. The topological polar surface area (TPSA) is 49.4 Å². The maximum absolute atomic E-state index is 12.8. The molecule has 3 aromatic carbocycles. The summed E-state index contributed by atoms with van der Waals surface area (Å²) in [7, 11) is 0. The molecule has 30 heavy (non-hydrogen) atoms. The van der Waals surface area contributed by atoms with Crippen LogP contribution in [0.15, 0.2) is 60.7 Å². The van der Waals surface area contributed by atoms with Crippen LogP contribution in [0.2, 0.25) is 0 Å². The van der Waals surface area contributed by atoms with Gasteiger partial charge in [0, 0.05) is 25.1 Å². The Bertz CT molecular complexity index is 1090. The van der Waals surface area contributed by atoms with Crippen LogP contribution in [0.4, 0.5) is 0 Å². The molecule has 0 aliphatic carbocycles. The first-order chi connectivity index (χ1) is 14.5. The van der Waals surface area contributed by atoms with Gasteiger partial charge in [0.1, 0.15) is 0 Å². The standard InChI is InChI=1S/C26H28N2O2/c1-18-9-10-22(16-19(18)2)24-8-5-15-28(24)25(29)13-14-27-26(30)23-12-11-20-6-3-4-7-21(20)17-23/h3-4,6-7,9-12,16-17,24H,5,8,13-15H2,1-2H3,(H,27,30). The number of nitrogens with one attached hydrogen (secondary N) is 1. The molecule has 3 aromatic rings. The van der Waals surface area contributed by atoms with Crippen molar-refractivity contribution >= 4 is 22.6 Å². The third-order valence-electron chi connectivity index (χ3n) is 6.12. The Balaban J connectivity index is 1.35. The lowest BCUT2D eigenvalue weighted by Crippen LogP contribution is -2.34. The SMILES string of the molecule is Cc1ccc(C2CCCN2C(=O)CCNC(=O)c2ccc3ccccc3c2)cc1C. The Labute approximate surface area is 177 Å². The molecular formula is C26H28N2O2. The predicted molar refractivity (Wildman–Crippen MR) is 121 cm³/mol. The molecule has 0 saturated carbocycles. The summed E-state index contributed by atoms with van der Waals surface area (Å²) in [5.74, 6) is -0.0322. The van der Waals surface area contributed by atoms with Gasteiger partial charge in [0.05, 0.1) is 6.04 Å². The van der Waals surface area contributed by atoms with Gasteiger partial charge in [-0.1, -0.05) is 48.5 Å². The molecule has 0 aromatic heterocycles. The van der Waals surface area contributed by atoms with E-state index in [-0.39, 0.29) is 17.9 Å².